The maximum Gasteiger partial charge on any atom is 0.416 e. The molecule has 1 fully saturated rings. The number of nitrogens with zero attached hydrogens (tertiary/aromatic N) is 2. The summed E-state index contributed by atoms with van der Waals surface area (Å²) in [5, 5.41) is 0. The summed E-state index contributed by atoms with van der Waals surface area (Å²) in [4.78, 5) is 4.52. The zero-order chi connectivity index (χ0) is 19.8. The Morgan fingerprint density at radius 2 is 1.79 bits per heavy atom. The third kappa shape index (κ3) is 4.18. The van der Waals surface area contributed by atoms with Gasteiger partial charge in [0.2, 0.25) is 0 Å². The van der Waals surface area contributed by atoms with Crippen molar-refractivity contribution in [3.8, 4) is 5.75 Å². The predicted octanol–water partition coefficient (Wildman–Crippen LogP) is 4.56. The smallest absolute Gasteiger partial charge is 0.416 e. The third-order valence-corrected chi connectivity index (χ3v) is 5.76. The van der Waals surface area contributed by atoms with Crippen LogP contribution in [0.25, 0.3) is 0 Å². The molecule has 2 aliphatic heterocycles. The molecule has 1 spiro atoms. The first-order valence-electron chi connectivity index (χ1n) is 9.67. The van der Waals surface area contributed by atoms with Gasteiger partial charge in [0, 0.05) is 51.1 Å². The molecule has 0 radical (unpaired) electrons. The molecule has 4 rings (SSSR count). The zero-order valence-corrected chi connectivity index (χ0v) is 16.0. The number of likely N-dealkylation sites (tertiary alicyclic amines) is 1. The van der Waals surface area contributed by atoms with Crippen molar-refractivity contribution >= 4 is 0 Å². The number of hydrogen-bond acceptors (Lipinski definition) is 3. The standard InChI is InChI=1S/C22H25F3N2O/c1-26-11-9-21(10-12-26)16-27(15-18-6-2-3-8-20(18)28-21)14-17-5-4-7-19(13-17)22(23,24)25/h2-8,13H,9-12,14-16H2,1H3. The van der Waals surface area contributed by atoms with Crippen molar-refractivity contribution in [2.24, 2.45) is 0 Å². The number of rotatable bonds is 2. The van der Waals surface area contributed by atoms with Crippen molar-refractivity contribution in [2.45, 2.75) is 37.7 Å². The molecule has 2 aromatic carbocycles. The van der Waals surface area contributed by atoms with Crippen LogP contribution in [0, 0.1) is 0 Å². The summed E-state index contributed by atoms with van der Waals surface area (Å²) >= 11 is 0. The van der Waals surface area contributed by atoms with Crippen molar-refractivity contribution in [1.29, 1.82) is 0 Å². The minimum absolute atomic E-state index is 0.291. The fraction of sp³-hybridized carbons (Fsp3) is 0.455. The molecule has 0 unspecified atom stereocenters. The van der Waals surface area contributed by atoms with Gasteiger partial charge in [-0.3, -0.25) is 4.90 Å². The first-order chi connectivity index (χ1) is 13.3. The normalized spacial score (nSPS) is 20.4. The molecule has 1 saturated heterocycles. The molecule has 150 valence electrons. The highest BCUT2D eigenvalue weighted by atomic mass is 19.4. The van der Waals surface area contributed by atoms with Gasteiger partial charge in [-0.15, -0.1) is 0 Å². The molecule has 0 atom stereocenters. The van der Waals surface area contributed by atoms with Crippen LogP contribution in [0.15, 0.2) is 48.5 Å². The molecule has 2 aromatic rings. The number of hydrogen-bond donors (Lipinski definition) is 0. The van der Waals surface area contributed by atoms with E-state index >= 15 is 0 Å². The van der Waals surface area contributed by atoms with Crippen LogP contribution >= 0.6 is 0 Å². The Labute approximate surface area is 163 Å². The molecule has 0 aliphatic carbocycles. The zero-order valence-electron chi connectivity index (χ0n) is 16.0. The second-order valence-electron chi connectivity index (χ2n) is 8.04. The molecule has 28 heavy (non-hydrogen) atoms. The molecule has 2 heterocycles. The van der Waals surface area contributed by atoms with E-state index in [4.69, 9.17) is 4.74 Å². The van der Waals surface area contributed by atoms with Crippen molar-refractivity contribution in [2.75, 3.05) is 26.7 Å². The highest BCUT2D eigenvalue weighted by Gasteiger charge is 2.40. The van der Waals surface area contributed by atoms with E-state index < -0.39 is 11.7 Å². The van der Waals surface area contributed by atoms with Crippen LogP contribution in [0.5, 0.6) is 5.75 Å². The summed E-state index contributed by atoms with van der Waals surface area (Å²) < 4.78 is 45.8. The molecular formula is C22H25F3N2O. The minimum Gasteiger partial charge on any atom is -0.486 e. The average Bonchev–Trinajstić information content (AvgIpc) is 2.80. The second kappa shape index (κ2) is 7.41. The number of para-hydroxylation sites is 1. The van der Waals surface area contributed by atoms with Gasteiger partial charge in [0.25, 0.3) is 0 Å². The summed E-state index contributed by atoms with van der Waals surface area (Å²) in [7, 11) is 2.11. The molecule has 0 saturated carbocycles. The Hall–Kier alpha value is -2.05. The predicted molar refractivity (Wildman–Crippen MR) is 102 cm³/mol. The fourth-order valence-corrected chi connectivity index (χ4v) is 4.21. The monoisotopic (exact) mass is 390 g/mol. The number of fused-ring (bicyclic) bond motifs is 1. The van der Waals surface area contributed by atoms with Crippen molar-refractivity contribution in [1.82, 2.24) is 9.80 Å². The van der Waals surface area contributed by atoms with Gasteiger partial charge in [-0.1, -0.05) is 36.4 Å². The largest absolute Gasteiger partial charge is 0.486 e. The van der Waals surface area contributed by atoms with E-state index in [-0.39, 0.29) is 5.60 Å². The highest BCUT2D eigenvalue weighted by Crippen LogP contribution is 2.36. The lowest BCUT2D eigenvalue weighted by atomic mass is 9.90. The van der Waals surface area contributed by atoms with Gasteiger partial charge in [0.05, 0.1) is 5.56 Å². The molecule has 0 bridgehead atoms. The topological polar surface area (TPSA) is 15.7 Å². The number of piperidine rings is 1. The van der Waals surface area contributed by atoms with Gasteiger partial charge < -0.3 is 9.64 Å². The van der Waals surface area contributed by atoms with E-state index in [0.717, 1.165) is 43.3 Å². The van der Waals surface area contributed by atoms with Gasteiger partial charge in [-0.05, 0) is 24.7 Å². The molecule has 2 aliphatic rings. The Bertz CT molecular complexity index is 829. The minimum atomic E-state index is -4.32. The van der Waals surface area contributed by atoms with E-state index in [1.165, 1.54) is 12.1 Å². The van der Waals surface area contributed by atoms with E-state index in [1.807, 2.05) is 24.3 Å². The van der Waals surface area contributed by atoms with Crippen LogP contribution in [0.1, 0.15) is 29.5 Å². The van der Waals surface area contributed by atoms with Gasteiger partial charge in [0.15, 0.2) is 0 Å². The van der Waals surface area contributed by atoms with Gasteiger partial charge >= 0.3 is 6.18 Å². The van der Waals surface area contributed by atoms with Crippen LogP contribution in [0.4, 0.5) is 13.2 Å². The van der Waals surface area contributed by atoms with E-state index in [1.54, 1.807) is 6.07 Å². The Morgan fingerprint density at radius 1 is 1.04 bits per heavy atom. The van der Waals surface area contributed by atoms with Gasteiger partial charge in [-0.2, -0.15) is 13.2 Å². The maximum absolute atomic E-state index is 13.1. The van der Waals surface area contributed by atoms with Gasteiger partial charge in [0.1, 0.15) is 11.4 Å². The Kier molecular flexibility index (Phi) is 5.10. The molecule has 0 aromatic heterocycles. The first-order valence-corrected chi connectivity index (χ1v) is 9.67. The van der Waals surface area contributed by atoms with Crippen molar-refractivity contribution in [3.63, 3.8) is 0 Å². The third-order valence-electron chi connectivity index (χ3n) is 5.76. The van der Waals surface area contributed by atoms with E-state index in [0.29, 0.717) is 25.2 Å². The number of alkyl halides is 3. The molecule has 6 heteroatoms. The van der Waals surface area contributed by atoms with Crippen LogP contribution in [0.3, 0.4) is 0 Å². The van der Waals surface area contributed by atoms with Crippen LogP contribution in [-0.4, -0.2) is 42.1 Å². The number of ether oxygens (including phenoxy) is 1. The van der Waals surface area contributed by atoms with Gasteiger partial charge in [-0.25, -0.2) is 0 Å². The molecule has 3 nitrogen and oxygen atoms in total. The summed E-state index contributed by atoms with van der Waals surface area (Å²) in [5.41, 5.74) is 0.883. The van der Waals surface area contributed by atoms with Crippen LogP contribution < -0.4 is 4.74 Å². The maximum atomic E-state index is 13.1. The summed E-state index contributed by atoms with van der Waals surface area (Å²) in [6.07, 6.45) is -2.49. The Balaban J connectivity index is 1.61. The lowest BCUT2D eigenvalue weighted by Gasteiger charge is -2.42. The summed E-state index contributed by atoms with van der Waals surface area (Å²) in [5.74, 6) is 0.901. The quantitative estimate of drug-likeness (QED) is 0.747. The van der Waals surface area contributed by atoms with E-state index in [2.05, 4.69) is 16.8 Å². The van der Waals surface area contributed by atoms with Crippen LogP contribution in [0.2, 0.25) is 0 Å². The van der Waals surface area contributed by atoms with Crippen LogP contribution in [-0.2, 0) is 19.3 Å². The van der Waals surface area contributed by atoms with E-state index in [9.17, 15) is 13.2 Å². The highest BCUT2D eigenvalue weighted by molar-refractivity contribution is 5.35. The number of benzene rings is 2. The van der Waals surface area contributed by atoms with Crippen molar-refractivity contribution in [3.05, 3.63) is 65.2 Å². The fourth-order valence-electron chi connectivity index (χ4n) is 4.21. The lowest BCUT2D eigenvalue weighted by molar-refractivity contribution is -0.137. The molecular weight excluding hydrogens is 365 g/mol. The van der Waals surface area contributed by atoms with Crippen molar-refractivity contribution < 1.29 is 17.9 Å². The number of halogens is 3. The SMILES string of the molecule is CN1CCC2(CC1)CN(Cc1cccc(C(F)(F)F)c1)Cc1ccccc1O2. The molecule has 0 amide bonds. The Morgan fingerprint density at radius 3 is 2.54 bits per heavy atom. The molecule has 0 N–H and O–H groups in total. The summed E-state index contributed by atoms with van der Waals surface area (Å²) in [6.45, 7) is 3.77. The summed E-state index contributed by atoms with van der Waals surface area (Å²) in [6, 6.07) is 13.7. The average molecular weight is 390 g/mol. The lowest BCUT2D eigenvalue weighted by Crippen LogP contribution is -2.52. The second-order valence-corrected chi connectivity index (χ2v) is 8.04. The first kappa shape index (κ1) is 19.3.